The summed E-state index contributed by atoms with van der Waals surface area (Å²) in [5.74, 6) is 0.141. The van der Waals surface area contributed by atoms with Crippen LogP contribution < -0.4 is 19.9 Å². The van der Waals surface area contributed by atoms with Gasteiger partial charge in [-0.15, -0.1) is 0 Å². The number of rotatable bonds is 5. The third-order valence-corrected chi connectivity index (χ3v) is 6.32. The number of nitrogens with one attached hydrogen (secondary N) is 2. The summed E-state index contributed by atoms with van der Waals surface area (Å²) in [6, 6.07) is 12.6. The minimum atomic E-state index is -4.13. The van der Waals surface area contributed by atoms with Gasteiger partial charge in [0.25, 0.3) is 10.0 Å². The number of nitrogens with two attached hydrogens (primary N) is 1. The zero-order chi connectivity index (χ0) is 24.6. The fourth-order valence-electron chi connectivity index (χ4n) is 2.18. The van der Waals surface area contributed by atoms with Gasteiger partial charge in [0.05, 0.1) is 17.0 Å². The van der Waals surface area contributed by atoms with Crippen molar-refractivity contribution in [1.29, 1.82) is 0 Å². The molecule has 2 amide bonds. The number of methoxy groups -OCH3 is 1. The number of hydrogen-bond acceptors (Lipinski definition) is 9. The minimum Gasteiger partial charge on any atom is -0.467 e. The molecule has 1 heterocycles. The Morgan fingerprint density at radius 1 is 0.970 bits per heavy atom. The monoisotopic (exact) mass is 514 g/mol. The molecular weight excluding hydrogens is 496 g/mol. The normalized spacial score (nSPS) is 11.0. The standard InChI is InChI=1S/C12H12ClN5O4S.C6H7NO2S/c1-7-14-10(17-12(15-7)22-2)16-11(19)18-23(20,21)9-6-4-3-5-8(9)13;7-10(8,9)6-4-2-1-3-5-6/h3-6H,1-2H3,(H2,14,15,16,17,18,19);1-5H,(H2,7,8,9). The summed E-state index contributed by atoms with van der Waals surface area (Å²) in [6.45, 7) is 1.56. The van der Waals surface area contributed by atoms with E-state index in [1.54, 1.807) is 31.2 Å². The smallest absolute Gasteiger partial charge is 0.335 e. The number of benzene rings is 2. The first kappa shape index (κ1) is 25.9. The number of aryl methyl sites for hydroxylation is 1. The quantitative estimate of drug-likeness (QED) is 0.455. The van der Waals surface area contributed by atoms with Crippen LogP contribution in [-0.2, 0) is 20.0 Å². The minimum absolute atomic E-state index is 0.00882. The average Bonchev–Trinajstić information content (AvgIpc) is 2.73. The van der Waals surface area contributed by atoms with Crippen LogP contribution in [0.5, 0.6) is 6.01 Å². The lowest BCUT2D eigenvalue weighted by Crippen LogP contribution is -2.35. The predicted molar refractivity (Wildman–Crippen MR) is 120 cm³/mol. The van der Waals surface area contributed by atoms with E-state index in [0.29, 0.717) is 5.82 Å². The molecule has 0 radical (unpaired) electrons. The molecule has 0 aliphatic rings. The first-order chi connectivity index (χ1) is 15.4. The summed E-state index contributed by atoms with van der Waals surface area (Å²) in [5.41, 5.74) is 0. The van der Waals surface area contributed by atoms with Gasteiger partial charge >= 0.3 is 12.0 Å². The Morgan fingerprint density at radius 2 is 1.58 bits per heavy atom. The van der Waals surface area contributed by atoms with Crippen LogP contribution >= 0.6 is 11.6 Å². The van der Waals surface area contributed by atoms with Crippen LogP contribution in [0, 0.1) is 6.92 Å². The lowest BCUT2D eigenvalue weighted by Gasteiger charge is -2.09. The van der Waals surface area contributed by atoms with Crippen LogP contribution in [0.3, 0.4) is 0 Å². The highest BCUT2D eigenvalue weighted by atomic mass is 35.5. The average molecular weight is 515 g/mol. The molecule has 0 fully saturated rings. The number of carbonyl (C=O) groups excluding carboxylic acids is 1. The van der Waals surface area contributed by atoms with Gasteiger partial charge in [0.1, 0.15) is 10.7 Å². The maximum atomic E-state index is 12.1. The van der Waals surface area contributed by atoms with Gasteiger partial charge in [-0.1, -0.05) is 41.9 Å². The summed E-state index contributed by atoms with van der Waals surface area (Å²) in [7, 11) is -6.29. The first-order valence-corrected chi connectivity index (χ1v) is 12.3. The first-order valence-electron chi connectivity index (χ1n) is 8.85. The number of halogens is 1. The Balaban J connectivity index is 0.000000321. The fourth-order valence-corrected chi connectivity index (χ4v) is 4.15. The molecule has 12 nitrogen and oxygen atoms in total. The molecule has 2 aromatic carbocycles. The van der Waals surface area contributed by atoms with Crippen LogP contribution in [0.1, 0.15) is 5.82 Å². The topological polar surface area (TPSA) is 183 Å². The zero-order valence-corrected chi connectivity index (χ0v) is 19.6. The van der Waals surface area contributed by atoms with Crippen molar-refractivity contribution in [2.75, 3.05) is 12.4 Å². The highest BCUT2D eigenvalue weighted by Crippen LogP contribution is 2.20. The van der Waals surface area contributed by atoms with E-state index in [0.717, 1.165) is 0 Å². The third kappa shape index (κ3) is 7.94. The van der Waals surface area contributed by atoms with Crippen molar-refractivity contribution >= 4 is 43.6 Å². The van der Waals surface area contributed by atoms with Crippen LogP contribution in [0.15, 0.2) is 64.4 Å². The van der Waals surface area contributed by atoms with E-state index in [4.69, 9.17) is 21.5 Å². The van der Waals surface area contributed by atoms with Gasteiger partial charge in [-0.05, 0) is 31.2 Å². The van der Waals surface area contributed by atoms with Crippen LogP contribution in [0.4, 0.5) is 10.7 Å². The molecule has 1 aromatic heterocycles. The van der Waals surface area contributed by atoms with Crippen molar-refractivity contribution in [3.05, 3.63) is 65.4 Å². The van der Waals surface area contributed by atoms with Gasteiger partial charge in [0.2, 0.25) is 16.0 Å². The van der Waals surface area contributed by atoms with Gasteiger partial charge in [0.15, 0.2) is 0 Å². The van der Waals surface area contributed by atoms with E-state index in [-0.39, 0.29) is 26.8 Å². The maximum Gasteiger partial charge on any atom is 0.335 e. The number of ether oxygens (including phenoxy) is 1. The van der Waals surface area contributed by atoms with Crippen LogP contribution in [-0.4, -0.2) is 44.9 Å². The van der Waals surface area contributed by atoms with E-state index >= 15 is 0 Å². The molecule has 0 atom stereocenters. The summed E-state index contributed by atoms with van der Waals surface area (Å²) in [5, 5.41) is 7.01. The molecule has 0 saturated carbocycles. The largest absolute Gasteiger partial charge is 0.467 e. The summed E-state index contributed by atoms with van der Waals surface area (Å²) in [4.78, 5) is 23.2. The van der Waals surface area contributed by atoms with Crippen molar-refractivity contribution in [2.24, 2.45) is 5.14 Å². The zero-order valence-electron chi connectivity index (χ0n) is 17.3. The second-order valence-corrected chi connectivity index (χ2v) is 9.66. The van der Waals surface area contributed by atoms with Crippen molar-refractivity contribution in [2.45, 2.75) is 16.7 Å². The molecule has 3 rings (SSSR count). The van der Waals surface area contributed by atoms with Gasteiger partial charge in [-0.25, -0.2) is 31.5 Å². The third-order valence-electron chi connectivity index (χ3n) is 3.56. The van der Waals surface area contributed by atoms with E-state index < -0.39 is 26.1 Å². The lowest BCUT2D eigenvalue weighted by atomic mass is 10.4. The molecule has 4 N–H and O–H groups in total. The number of carbonyl (C=O) groups is 1. The summed E-state index contributed by atoms with van der Waals surface area (Å²) < 4.78 is 52.1. The molecule has 15 heteroatoms. The molecule has 0 saturated heterocycles. The Kier molecular flexibility index (Phi) is 8.64. The molecule has 0 spiro atoms. The van der Waals surface area contributed by atoms with Crippen molar-refractivity contribution in [1.82, 2.24) is 19.7 Å². The molecule has 0 aliphatic heterocycles. The molecule has 33 heavy (non-hydrogen) atoms. The van der Waals surface area contributed by atoms with Crippen molar-refractivity contribution in [3.8, 4) is 6.01 Å². The fraction of sp³-hybridized carbons (Fsp3) is 0.111. The highest BCUT2D eigenvalue weighted by molar-refractivity contribution is 7.90. The second-order valence-electron chi connectivity index (χ2n) is 6.04. The van der Waals surface area contributed by atoms with Gasteiger partial charge in [0, 0.05) is 0 Å². The molecule has 0 unspecified atom stereocenters. The van der Waals surface area contributed by atoms with Gasteiger partial charge < -0.3 is 4.74 Å². The van der Waals surface area contributed by atoms with Crippen molar-refractivity contribution in [3.63, 3.8) is 0 Å². The number of anilines is 1. The van der Waals surface area contributed by atoms with E-state index in [1.807, 2.05) is 4.72 Å². The van der Waals surface area contributed by atoms with Crippen molar-refractivity contribution < 1.29 is 26.4 Å². The van der Waals surface area contributed by atoms with Gasteiger partial charge in [-0.3, -0.25) is 5.32 Å². The molecule has 3 aromatic rings. The second kappa shape index (κ2) is 11.0. The number of aromatic nitrogens is 3. The van der Waals surface area contributed by atoms with E-state index in [9.17, 15) is 21.6 Å². The summed E-state index contributed by atoms with van der Waals surface area (Å²) in [6.07, 6.45) is 0. The molecule has 0 aliphatic carbocycles. The highest BCUT2D eigenvalue weighted by Gasteiger charge is 2.21. The van der Waals surface area contributed by atoms with E-state index in [2.05, 4.69) is 20.3 Å². The number of amides is 2. The Morgan fingerprint density at radius 3 is 2.12 bits per heavy atom. The van der Waals surface area contributed by atoms with Crippen LogP contribution in [0.2, 0.25) is 5.02 Å². The predicted octanol–water partition coefficient (Wildman–Crippen LogP) is 1.69. The van der Waals surface area contributed by atoms with Gasteiger partial charge in [-0.2, -0.15) is 15.0 Å². The SMILES string of the molecule is COc1nc(C)nc(NC(=O)NS(=O)(=O)c2ccccc2Cl)n1.NS(=O)(=O)c1ccccc1. The Labute approximate surface area is 195 Å². The summed E-state index contributed by atoms with van der Waals surface area (Å²) >= 11 is 5.81. The number of hydrogen-bond donors (Lipinski definition) is 3. The number of nitrogens with zero attached hydrogens (tertiary/aromatic N) is 3. The molecule has 176 valence electrons. The molecule has 0 bridgehead atoms. The number of sulfonamides is 2. The molecular formula is C18H19ClN6O6S2. The number of urea groups is 1. The van der Waals surface area contributed by atoms with E-state index in [1.165, 1.54) is 37.4 Å². The maximum absolute atomic E-state index is 12.1. The Bertz CT molecular complexity index is 1340. The van der Waals surface area contributed by atoms with Crippen LogP contribution in [0.25, 0.3) is 0 Å². The lowest BCUT2D eigenvalue weighted by molar-refractivity contribution is 0.256. The Hall–Kier alpha value is -3.33. The number of primary sulfonamides is 1.